The summed E-state index contributed by atoms with van der Waals surface area (Å²) >= 11 is 0. The third kappa shape index (κ3) is 2.49. The molecule has 3 unspecified atom stereocenters. The zero-order valence-corrected chi connectivity index (χ0v) is 8.83. The third-order valence-electron chi connectivity index (χ3n) is 2.69. The summed E-state index contributed by atoms with van der Waals surface area (Å²) in [4.78, 5) is 10.5. The molecule has 1 fully saturated rings. The summed E-state index contributed by atoms with van der Waals surface area (Å²) in [7, 11) is 0. The standard InChI is InChI=1S/C11H15NO4/c12-8(6-11(13)14)7-1-2-9-10(5-7)16-4-3-15-9/h1-2,5,8-10H,3-4,6,12H2,(H,13,14). The van der Waals surface area contributed by atoms with Gasteiger partial charge in [-0.1, -0.05) is 12.2 Å². The van der Waals surface area contributed by atoms with Crippen molar-refractivity contribution in [3.05, 3.63) is 23.8 Å². The first-order chi connectivity index (χ1) is 7.66. The highest BCUT2D eigenvalue weighted by atomic mass is 16.6. The number of aliphatic carboxylic acids is 1. The maximum atomic E-state index is 10.5. The summed E-state index contributed by atoms with van der Waals surface area (Å²) in [5.41, 5.74) is 6.57. The Bertz CT molecular complexity index is 337. The van der Waals surface area contributed by atoms with Crippen LogP contribution in [0.1, 0.15) is 6.42 Å². The summed E-state index contributed by atoms with van der Waals surface area (Å²) in [6.07, 6.45) is 5.29. The Morgan fingerprint density at radius 3 is 2.88 bits per heavy atom. The Labute approximate surface area is 93.5 Å². The van der Waals surface area contributed by atoms with Crippen LogP contribution in [0.4, 0.5) is 0 Å². The van der Waals surface area contributed by atoms with Crippen molar-refractivity contribution in [3.8, 4) is 0 Å². The van der Waals surface area contributed by atoms with Crippen LogP contribution in [0.2, 0.25) is 0 Å². The minimum atomic E-state index is -0.898. The number of hydrogen-bond acceptors (Lipinski definition) is 4. The van der Waals surface area contributed by atoms with Crippen LogP contribution in [0.15, 0.2) is 23.8 Å². The molecular formula is C11H15NO4. The number of nitrogens with two attached hydrogens (primary N) is 1. The summed E-state index contributed by atoms with van der Waals surface area (Å²) in [5.74, 6) is -0.898. The fourth-order valence-corrected chi connectivity index (χ4v) is 1.87. The van der Waals surface area contributed by atoms with Gasteiger partial charge in [-0.05, 0) is 11.6 Å². The minimum absolute atomic E-state index is 0.0606. The van der Waals surface area contributed by atoms with E-state index >= 15 is 0 Å². The predicted octanol–water partition coefficient (Wildman–Crippen LogP) is 0.0686. The average molecular weight is 225 g/mol. The van der Waals surface area contributed by atoms with Crippen molar-refractivity contribution in [3.63, 3.8) is 0 Å². The smallest absolute Gasteiger partial charge is 0.305 e. The summed E-state index contributed by atoms with van der Waals surface area (Å²) in [6.45, 7) is 1.16. The van der Waals surface area contributed by atoms with Crippen LogP contribution < -0.4 is 5.73 Å². The first kappa shape index (κ1) is 11.3. The third-order valence-corrected chi connectivity index (χ3v) is 2.69. The van der Waals surface area contributed by atoms with E-state index in [1.165, 1.54) is 0 Å². The second-order valence-electron chi connectivity index (χ2n) is 3.90. The highest BCUT2D eigenvalue weighted by Gasteiger charge is 2.27. The molecule has 1 saturated heterocycles. The number of carboxylic acids is 1. The average Bonchev–Trinajstić information content (AvgIpc) is 2.27. The first-order valence-electron chi connectivity index (χ1n) is 5.27. The molecule has 5 heteroatoms. The van der Waals surface area contributed by atoms with Crippen molar-refractivity contribution in [1.29, 1.82) is 0 Å². The lowest BCUT2D eigenvalue weighted by Crippen LogP contribution is -2.39. The SMILES string of the molecule is NC(CC(=O)O)C1=CC2OCCOC2C=C1. The molecule has 88 valence electrons. The van der Waals surface area contributed by atoms with Crippen LogP contribution in [0.3, 0.4) is 0 Å². The summed E-state index contributed by atoms with van der Waals surface area (Å²) in [6, 6.07) is -0.486. The van der Waals surface area contributed by atoms with E-state index in [9.17, 15) is 4.79 Å². The topological polar surface area (TPSA) is 81.8 Å². The van der Waals surface area contributed by atoms with E-state index in [0.29, 0.717) is 13.2 Å². The zero-order valence-electron chi connectivity index (χ0n) is 8.83. The maximum Gasteiger partial charge on any atom is 0.305 e. The Kier molecular flexibility index (Phi) is 3.38. The quantitative estimate of drug-likeness (QED) is 0.710. The molecule has 0 aromatic rings. The lowest BCUT2D eigenvalue weighted by atomic mass is 9.95. The van der Waals surface area contributed by atoms with Crippen molar-refractivity contribution in [2.24, 2.45) is 5.73 Å². The van der Waals surface area contributed by atoms with Gasteiger partial charge in [0.15, 0.2) is 0 Å². The molecule has 0 bridgehead atoms. The van der Waals surface area contributed by atoms with Gasteiger partial charge in [0.1, 0.15) is 12.2 Å². The number of hydrogen-bond donors (Lipinski definition) is 2. The molecule has 2 aliphatic rings. The van der Waals surface area contributed by atoms with Crippen LogP contribution in [0.25, 0.3) is 0 Å². The molecule has 2 rings (SSSR count). The number of carbonyl (C=O) groups is 1. The van der Waals surface area contributed by atoms with E-state index in [4.69, 9.17) is 20.3 Å². The Morgan fingerprint density at radius 2 is 2.19 bits per heavy atom. The van der Waals surface area contributed by atoms with Crippen LogP contribution in [-0.4, -0.2) is 42.5 Å². The van der Waals surface area contributed by atoms with Gasteiger partial charge in [-0.3, -0.25) is 4.79 Å². The molecule has 1 heterocycles. The molecule has 1 aliphatic carbocycles. The number of rotatable bonds is 3. The van der Waals surface area contributed by atoms with Crippen molar-refractivity contribution >= 4 is 5.97 Å². The Morgan fingerprint density at radius 1 is 1.50 bits per heavy atom. The molecule has 1 aliphatic heterocycles. The Hall–Kier alpha value is -1.17. The highest BCUT2D eigenvalue weighted by molar-refractivity contribution is 5.68. The number of fused-ring (bicyclic) bond motifs is 1. The van der Waals surface area contributed by atoms with E-state index in [-0.39, 0.29) is 18.6 Å². The Balaban J connectivity index is 2.03. The molecule has 0 spiro atoms. The highest BCUT2D eigenvalue weighted by Crippen LogP contribution is 2.22. The minimum Gasteiger partial charge on any atom is -0.481 e. The molecule has 3 atom stereocenters. The van der Waals surface area contributed by atoms with E-state index in [2.05, 4.69) is 0 Å². The fourth-order valence-electron chi connectivity index (χ4n) is 1.87. The lowest BCUT2D eigenvalue weighted by molar-refractivity contribution is -0.137. The van der Waals surface area contributed by atoms with Gasteiger partial charge >= 0.3 is 5.97 Å². The van der Waals surface area contributed by atoms with Gasteiger partial charge < -0.3 is 20.3 Å². The lowest BCUT2D eigenvalue weighted by Gasteiger charge is -2.31. The van der Waals surface area contributed by atoms with Gasteiger partial charge in [0, 0.05) is 6.04 Å². The molecule has 0 radical (unpaired) electrons. The van der Waals surface area contributed by atoms with Crippen molar-refractivity contribution in [2.45, 2.75) is 24.7 Å². The number of carboxylic acid groups (broad SMARTS) is 1. The van der Waals surface area contributed by atoms with E-state index in [1.54, 1.807) is 0 Å². The molecule has 0 amide bonds. The maximum absolute atomic E-state index is 10.5. The number of ether oxygens (including phenoxy) is 2. The zero-order chi connectivity index (χ0) is 11.5. The largest absolute Gasteiger partial charge is 0.481 e. The molecule has 3 N–H and O–H groups in total. The predicted molar refractivity (Wildman–Crippen MR) is 56.9 cm³/mol. The monoisotopic (exact) mass is 225 g/mol. The molecule has 0 aromatic heterocycles. The summed E-state index contributed by atoms with van der Waals surface area (Å²) in [5, 5.41) is 8.66. The first-order valence-corrected chi connectivity index (χ1v) is 5.27. The van der Waals surface area contributed by atoms with Crippen LogP contribution >= 0.6 is 0 Å². The van der Waals surface area contributed by atoms with Crippen molar-refractivity contribution in [2.75, 3.05) is 13.2 Å². The van der Waals surface area contributed by atoms with Crippen LogP contribution in [0.5, 0.6) is 0 Å². The van der Waals surface area contributed by atoms with Crippen LogP contribution in [0, 0.1) is 0 Å². The molecular weight excluding hydrogens is 210 g/mol. The van der Waals surface area contributed by atoms with Crippen molar-refractivity contribution < 1.29 is 19.4 Å². The van der Waals surface area contributed by atoms with Crippen LogP contribution in [-0.2, 0) is 14.3 Å². The van der Waals surface area contributed by atoms with E-state index in [1.807, 2.05) is 18.2 Å². The normalized spacial score (nSPS) is 30.4. The molecule has 0 saturated carbocycles. The van der Waals surface area contributed by atoms with Gasteiger partial charge in [-0.25, -0.2) is 0 Å². The van der Waals surface area contributed by atoms with Gasteiger partial charge in [0.2, 0.25) is 0 Å². The molecule has 0 aromatic carbocycles. The van der Waals surface area contributed by atoms with Gasteiger partial charge in [-0.2, -0.15) is 0 Å². The van der Waals surface area contributed by atoms with Gasteiger partial charge in [0.05, 0.1) is 19.6 Å². The van der Waals surface area contributed by atoms with Gasteiger partial charge in [0.25, 0.3) is 0 Å². The molecule has 16 heavy (non-hydrogen) atoms. The summed E-state index contributed by atoms with van der Waals surface area (Å²) < 4.78 is 11.0. The second-order valence-corrected chi connectivity index (χ2v) is 3.90. The second kappa shape index (κ2) is 4.78. The van der Waals surface area contributed by atoms with E-state index < -0.39 is 12.0 Å². The van der Waals surface area contributed by atoms with Gasteiger partial charge in [-0.15, -0.1) is 0 Å². The fraction of sp³-hybridized carbons (Fsp3) is 0.545. The molecule has 5 nitrogen and oxygen atoms in total. The van der Waals surface area contributed by atoms with E-state index in [0.717, 1.165) is 5.57 Å². The van der Waals surface area contributed by atoms with Crippen molar-refractivity contribution in [1.82, 2.24) is 0 Å².